The number of hydrogen-bond donors (Lipinski definition) is 0. The number of fused-ring (bicyclic) bond motifs is 1. The van der Waals surface area contributed by atoms with E-state index in [-0.39, 0.29) is 17.3 Å². The highest BCUT2D eigenvalue weighted by molar-refractivity contribution is 5.96. The summed E-state index contributed by atoms with van der Waals surface area (Å²) in [6, 6.07) is 0. The van der Waals surface area contributed by atoms with Crippen LogP contribution in [0.3, 0.4) is 0 Å². The Balaban J connectivity index is 2.27. The summed E-state index contributed by atoms with van der Waals surface area (Å²) in [6.07, 6.45) is 1.12. The number of hydrogen-bond acceptors (Lipinski definition) is 5. The minimum Gasteiger partial charge on any atom is -0.383 e. The van der Waals surface area contributed by atoms with Gasteiger partial charge in [0.05, 0.1) is 18.1 Å². The van der Waals surface area contributed by atoms with Gasteiger partial charge in [-0.15, -0.1) is 0 Å². The first-order valence-corrected chi connectivity index (χ1v) is 5.13. The fourth-order valence-electron chi connectivity index (χ4n) is 1.78. The Labute approximate surface area is 96.9 Å². The Bertz CT molecular complexity index is 456. The third-order valence-electron chi connectivity index (χ3n) is 2.65. The van der Waals surface area contributed by atoms with Crippen molar-refractivity contribution < 1.29 is 14.5 Å². The molecular formula is C9H12N4O4. The third kappa shape index (κ3) is 1.98. The first-order chi connectivity index (χ1) is 8.15. The zero-order valence-corrected chi connectivity index (χ0v) is 9.33. The van der Waals surface area contributed by atoms with E-state index in [1.807, 2.05) is 0 Å². The van der Waals surface area contributed by atoms with Crippen molar-refractivity contribution in [3.05, 3.63) is 22.0 Å². The van der Waals surface area contributed by atoms with Gasteiger partial charge in [-0.25, -0.2) is 0 Å². The molecule has 0 saturated heterocycles. The summed E-state index contributed by atoms with van der Waals surface area (Å²) in [5.41, 5.74) is -0.186. The van der Waals surface area contributed by atoms with Crippen molar-refractivity contribution >= 4 is 11.6 Å². The number of amides is 1. The highest BCUT2D eigenvalue weighted by Gasteiger charge is 2.33. The topological polar surface area (TPSA) is 90.5 Å². The van der Waals surface area contributed by atoms with Crippen molar-refractivity contribution in [1.29, 1.82) is 0 Å². The van der Waals surface area contributed by atoms with Gasteiger partial charge < -0.3 is 9.64 Å². The molecule has 8 nitrogen and oxygen atoms in total. The van der Waals surface area contributed by atoms with E-state index in [4.69, 9.17) is 4.74 Å². The number of nitro groups is 1. The molecule has 8 heteroatoms. The molecule has 0 atom stereocenters. The molecule has 0 aliphatic carbocycles. The van der Waals surface area contributed by atoms with E-state index in [0.29, 0.717) is 26.2 Å². The van der Waals surface area contributed by atoms with Gasteiger partial charge in [-0.2, -0.15) is 5.10 Å². The van der Waals surface area contributed by atoms with Crippen LogP contribution in [0.1, 0.15) is 10.5 Å². The van der Waals surface area contributed by atoms with Crippen molar-refractivity contribution in [1.82, 2.24) is 14.7 Å². The maximum atomic E-state index is 12.0. The van der Waals surface area contributed by atoms with Crippen LogP contribution in [-0.4, -0.2) is 52.3 Å². The lowest BCUT2D eigenvalue weighted by Gasteiger charge is -2.26. The Morgan fingerprint density at radius 2 is 2.35 bits per heavy atom. The number of rotatable bonds is 4. The molecule has 0 bridgehead atoms. The van der Waals surface area contributed by atoms with Crippen LogP contribution in [0.5, 0.6) is 0 Å². The maximum absolute atomic E-state index is 12.0. The predicted octanol–water partition coefficient (Wildman–Crippen LogP) is -0.107. The highest BCUT2D eigenvalue weighted by Crippen LogP contribution is 2.22. The van der Waals surface area contributed by atoms with Crippen LogP contribution < -0.4 is 0 Å². The molecule has 2 rings (SSSR count). The number of aromatic nitrogens is 2. The number of nitrogens with zero attached hydrogens (tertiary/aromatic N) is 4. The first kappa shape index (κ1) is 11.5. The van der Waals surface area contributed by atoms with Gasteiger partial charge >= 0.3 is 5.69 Å². The minimum atomic E-state index is -0.587. The summed E-state index contributed by atoms with van der Waals surface area (Å²) in [5, 5.41) is 14.6. The molecule has 1 amide bonds. The van der Waals surface area contributed by atoms with Crippen molar-refractivity contribution in [2.45, 2.75) is 6.54 Å². The molecule has 1 aromatic heterocycles. The average molecular weight is 240 g/mol. The van der Waals surface area contributed by atoms with Gasteiger partial charge in [0.15, 0.2) is 0 Å². The highest BCUT2D eigenvalue weighted by atomic mass is 16.6. The number of methoxy groups -OCH3 is 1. The van der Waals surface area contributed by atoms with Crippen LogP contribution in [0, 0.1) is 10.1 Å². The van der Waals surface area contributed by atoms with Crippen molar-refractivity contribution in [2.24, 2.45) is 0 Å². The Hall–Kier alpha value is -1.96. The van der Waals surface area contributed by atoms with Crippen molar-refractivity contribution in [3.63, 3.8) is 0 Å². The maximum Gasteiger partial charge on any atom is 0.320 e. The molecule has 0 saturated carbocycles. The quantitative estimate of drug-likeness (QED) is 0.541. The largest absolute Gasteiger partial charge is 0.383 e. The molecule has 0 fully saturated rings. The number of carbonyl (C=O) groups is 1. The van der Waals surface area contributed by atoms with Crippen molar-refractivity contribution in [3.8, 4) is 0 Å². The predicted molar refractivity (Wildman–Crippen MR) is 56.7 cm³/mol. The van der Waals surface area contributed by atoms with E-state index in [1.54, 1.807) is 7.11 Å². The zero-order chi connectivity index (χ0) is 12.4. The molecule has 0 N–H and O–H groups in total. The van der Waals surface area contributed by atoms with Gasteiger partial charge in [0, 0.05) is 20.2 Å². The second-order valence-corrected chi connectivity index (χ2v) is 3.64. The molecule has 1 aromatic rings. The van der Waals surface area contributed by atoms with Gasteiger partial charge in [-0.3, -0.25) is 19.6 Å². The SMILES string of the molecule is COCCN1CCn2ncc([N+](=O)[O-])c2C1=O. The van der Waals surface area contributed by atoms with Crippen LogP contribution in [0.25, 0.3) is 0 Å². The normalized spacial score (nSPS) is 14.9. The van der Waals surface area contributed by atoms with Crippen LogP contribution in [0.4, 0.5) is 5.69 Å². The fraction of sp³-hybridized carbons (Fsp3) is 0.556. The standard InChI is InChI=1S/C9H12N4O4/c1-17-5-4-11-2-3-12-8(9(11)14)7(6-10-12)13(15)16/h6H,2-5H2,1H3. The smallest absolute Gasteiger partial charge is 0.320 e. The van der Waals surface area contributed by atoms with Gasteiger partial charge in [-0.1, -0.05) is 0 Å². The summed E-state index contributed by atoms with van der Waals surface area (Å²) in [6.45, 7) is 1.80. The van der Waals surface area contributed by atoms with Crippen LogP contribution in [-0.2, 0) is 11.3 Å². The molecule has 0 spiro atoms. The fourth-order valence-corrected chi connectivity index (χ4v) is 1.78. The zero-order valence-electron chi connectivity index (χ0n) is 9.33. The third-order valence-corrected chi connectivity index (χ3v) is 2.65. The van der Waals surface area contributed by atoms with Crippen molar-refractivity contribution in [2.75, 3.05) is 26.8 Å². The molecule has 1 aliphatic rings. The lowest BCUT2D eigenvalue weighted by molar-refractivity contribution is -0.385. The van der Waals surface area contributed by atoms with E-state index < -0.39 is 4.92 Å². The molecule has 92 valence electrons. The summed E-state index contributed by atoms with van der Waals surface area (Å²) >= 11 is 0. The summed E-state index contributed by atoms with van der Waals surface area (Å²) < 4.78 is 6.27. The Morgan fingerprint density at radius 3 is 3.00 bits per heavy atom. The van der Waals surface area contributed by atoms with Gasteiger partial charge in [0.2, 0.25) is 5.69 Å². The average Bonchev–Trinajstić information content (AvgIpc) is 2.73. The molecule has 17 heavy (non-hydrogen) atoms. The van der Waals surface area contributed by atoms with E-state index in [2.05, 4.69) is 5.10 Å². The monoisotopic (exact) mass is 240 g/mol. The van der Waals surface area contributed by atoms with Crippen LogP contribution in [0.2, 0.25) is 0 Å². The lowest BCUT2D eigenvalue weighted by Crippen LogP contribution is -2.42. The number of ether oxygens (including phenoxy) is 1. The van der Waals surface area contributed by atoms with Gasteiger partial charge in [0.1, 0.15) is 6.20 Å². The van der Waals surface area contributed by atoms with Crippen LogP contribution in [0.15, 0.2) is 6.20 Å². The summed E-state index contributed by atoms with van der Waals surface area (Å²) in [5.74, 6) is -0.363. The molecular weight excluding hydrogens is 228 g/mol. The van der Waals surface area contributed by atoms with Gasteiger partial charge in [0.25, 0.3) is 5.91 Å². The molecule has 0 aromatic carbocycles. The summed E-state index contributed by atoms with van der Waals surface area (Å²) in [7, 11) is 1.54. The second kappa shape index (κ2) is 4.50. The lowest BCUT2D eigenvalue weighted by atomic mass is 10.2. The number of carbonyl (C=O) groups excluding carboxylic acids is 1. The molecule has 2 heterocycles. The van der Waals surface area contributed by atoms with E-state index in [0.717, 1.165) is 6.20 Å². The van der Waals surface area contributed by atoms with Gasteiger partial charge in [-0.05, 0) is 0 Å². The first-order valence-electron chi connectivity index (χ1n) is 5.13. The van der Waals surface area contributed by atoms with E-state index in [1.165, 1.54) is 9.58 Å². The minimum absolute atomic E-state index is 0.0531. The van der Waals surface area contributed by atoms with E-state index >= 15 is 0 Å². The van der Waals surface area contributed by atoms with E-state index in [9.17, 15) is 14.9 Å². The van der Waals surface area contributed by atoms with Crippen LogP contribution >= 0.6 is 0 Å². The molecule has 1 aliphatic heterocycles. The Kier molecular flexibility index (Phi) is 3.05. The molecule has 0 radical (unpaired) electrons. The summed E-state index contributed by atoms with van der Waals surface area (Å²) in [4.78, 5) is 23.7. The Morgan fingerprint density at radius 1 is 1.59 bits per heavy atom. The molecule has 0 unspecified atom stereocenters. The second-order valence-electron chi connectivity index (χ2n) is 3.64.